The maximum Gasteiger partial charge on any atom is 0.329 e. The van der Waals surface area contributed by atoms with Crippen LogP contribution in [0.5, 0.6) is 0 Å². The van der Waals surface area contributed by atoms with Crippen molar-refractivity contribution >= 4 is 23.3 Å². The molecule has 170 valence electrons. The third-order valence-corrected chi connectivity index (χ3v) is 5.72. The van der Waals surface area contributed by atoms with E-state index in [4.69, 9.17) is 9.73 Å². The number of rotatable bonds is 5. The molecule has 3 aromatic rings. The normalized spacial score (nSPS) is 17.8. The predicted molar refractivity (Wildman–Crippen MR) is 134 cm³/mol. The topological polar surface area (TPSA) is 45.1 Å². The molecule has 4 rings (SSSR count). The van der Waals surface area contributed by atoms with E-state index in [1.807, 2.05) is 95.9 Å². The molecule has 1 saturated heterocycles. The van der Waals surface area contributed by atoms with Crippen LogP contribution in [0.3, 0.4) is 0 Å². The van der Waals surface area contributed by atoms with Gasteiger partial charge in [-0.3, -0.25) is 4.90 Å². The second kappa shape index (κ2) is 9.90. The Kier molecular flexibility index (Phi) is 6.78. The third-order valence-electron chi connectivity index (χ3n) is 5.72. The molecule has 1 aliphatic rings. The fraction of sp³-hybridized carbons (Fsp3) is 0.286. The lowest BCUT2D eigenvalue weighted by Crippen LogP contribution is -2.62. The van der Waals surface area contributed by atoms with Crippen LogP contribution in [0, 0.1) is 0 Å². The molecule has 5 heteroatoms. The molecular weight excluding hydrogens is 410 g/mol. The first kappa shape index (κ1) is 22.6. The maximum absolute atomic E-state index is 13.4. The summed E-state index contributed by atoms with van der Waals surface area (Å²) in [6.45, 7) is 7.48. The fourth-order valence-corrected chi connectivity index (χ4v) is 4.05. The molecule has 0 saturated carbocycles. The van der Waals surface area contributed by atoms with Crippen LogP contribution in [0.15, 0.2) is 96.0 Å². The van der Waals surface area contributed by atoms with Crippen molar-refractivity contribution in [2.75, 3.05) is 11.4 Å². The van der Waals surface area contributed by atoms with Crippen LogP contribution in [0.2, 0.25) is 0 Å². The molecule has 5 nitrogen and oxygen atoms in total. The van der Waals surface area contributed by atoms with Crippen LogP contribution in [-0.4, -0.2) is 35.0 Å². The molecule has 0 aliphatic carbocycles. The Morgan fingerprint density at radius 2 is 1.48 bits per heavy atom. The number of hydrogen-bond donors (Lipinski definition) is 0. The van der Waals surface area contributed by atoms with Crippen molar-refractivity contribution in [3.05, 3.63) is 96.6 Å². The summed E-state index contributed by atoms with van der Waals surface area (Å²) >= 11 is 0. The number of esters is 1. The lowest BCUT2D eigenvalue weighted by Gasteiger charge is -2.48. The van der Waals surface area contributed by atoms with Crippen LogP contribution in [0.25, 0.3) is 0 Å². The number of nitrogens with zero attached hydrogens (tertiary/aromatic N) is 3. The molecule has 0 radical (unpaired) electrons. The van der Waals surface area contributed by atoms with Crippen molar-refractivity contribution in [2.45, 2.75) is 45.4 Å². The zero-order valence-electron chi connectivity index (χ0n) is 19.5. The Morgan fingerprint density at radius 3 is 2.09 bits per heavy atom. The minimum absolute atomic E-state index is 0.167. The van der Waals surface area contributed by atoms with E-state index in [-0.39, 0.29) is 18.1 Å². The van der Waals surface area contributed by atoms with Crippen LogP contribution in [-0.2, 0) is 16.1 Å². The number of carbonyl (C=O) groups is 1. The molecule has 3 aromatic carbocycles. The van der Waals surface area contributed by atoms with E-state index < -0.39 is 6.04 Å². The van der Waals surface area contributed by atoms with Crippen molar-refractivity contribution in [1.29, 1.82) is 0 Å². The number of carbonyl (C=O) groups excluding carboxylic acids is 1. The first-order valence-electron chi connectivity index (χ1n) is 11.4. The zero-order chi connectivity index (χ0) is 23.3. The van der Waals surface area contributed by atoms with Gasteiger partial charge in [-0.15, -0.1) is 0 Å². The molecule has 1 aliphatic heterocycles. The SMILES string of the molecule is CC(C)(C)N1CC[C@@H](C(=O)OCc2ccccc2)N(c2ccccc2)C1=Nc1ccccc1. The Bertz CT molecular complexity index is 1080. The number of ether oxygens (including phenoxy) is 1. The third kappa shape index (κ3) is 5.43. The molecule has 0 aromatic heterocycles. The number of para-hydroxylation sites is 2. The highest BCUT2D eigenvalue weighted by atomic mass is 16.5. The highest BCUT2D eigenvalue weighted by molar-refractivity contribution is 6.03. The summed E-state index contributed by atoms with van der Waals surface area (Å²) in [6.07, 6.45) is 0.646. The van der Waals surface area contributed by atoms with Gasteiger partial charge in [0, 0.05) is 17.8 Å². The molecule has 0 bridgehead atoms. The molecule has 0 spiro atoms. The van der Waals surface area contributed by atoms with Crippen molar-refractivity contribution in [3.8, 4) is 0 Å². The Labute approximate surface area is 196 Å². The average Bonchev–Trinajstić information content (AvgIpc) is 2.83. The summed E-state index contributed by atoms with van der Waals surface area (Å²) in [6, 6.07) is 29.2. The number of aliphatic imine (C=N–C) groups is 1. The molecule has 0 amide bonds. The van der Waals surface area contributed by atoms with Crippen molar-refractivity contribution in [2.24, 2.45) is 4.99 Å². The molecule has 0 N–H and O–H groups in total. The van der Waals surface area contributed by atoms with E-state index in [1.165, 1.54) is 0 Å². The summed E-state index contributed by atoms with van der Waals surface area (Å²) in [4.78, 5) is 22.7. The second-order valence-electron chi connectivity index (χ2n) is 9.17. The molecular formula is C28H31N3O2. The molecule has 1 atom stereocenters. The van der Waals surface area contributed by atoms with Gasteiger partial charge in [0.25, 0.3) is 0 Å². The standard InChI is InChI=1S/C28H31N3O2/c1-28(2,3)30-20-19-25(26(32)33-21-22-13-7-4-8-14-22)31(24-17-11-6-12-18-24)27(30)29-23-15-9-5-10-16-23/h4-18,25H,19-21H2,1-3H3/t25-/m0/s1. The summed E-state index contributed by atoms with van der Waals surface area (Å²) in [5, 5.41) is 0. The number of anilines is 1. The van der Waals surface area contributed by atoms with Crippen LogP contribution in [0.1, 0.15) is 32.8 Å². The summed E-state index contributed by atoms with van der Waals surface area (Å²) in [5.41, 5.74) is 2.57. The minimum Gasteiger partial charge on any atom is -0.459 e. The summed E-state index contributed by atoms with van der Waals surface area (Å²) in [7, 11) is 0. The van der Waals surface area contributed by atoms with Gasteiger partial charge in [0.15, 0.2) is 0 Å². The van der Waals surface area contributed by atoms with Crippen LogP contribution >= 0.6 is 0 Å². The van der Waals surface area contributed by atoms with Gasteiger partial charge in [0.1, 0.15) is 12.6 Å². The smallest absolute Gasteiger partial charge is 0.329 e. The van der Waals surface area contributed by atoms with E-state index >= 15 is 0 Å². The average molecular weight is 442 g/mol. The number of benzene rings is 3. The highest BCUT2D eigenvalue weighted by Gasteiger charge is 2.41. The van der Waals surface area contributed by atoms with Crippen LogP contribution < -0.4 is 4.90 Å². The van der Waals surface area contributed by atoms with E-state index in [0.29, 0.717) is 13.0 Å². The Hall–Kier alpha value is -3.60. The Balaban J connectivity index is 1.72. The van der Waals surface area contributed by atoms with Gasteiger partial charge in [0.05, 0.1) is 5.69 Å². The summed E-state index contributed by atoms with van der Waals surface area (Å²) in [5.74, 6) is 0.518. The van der Waals surface area contributed by atoms with Gasteiger partial charge in [-0.25, -0.2) is 9.79 Å². The van der Waals surface area contributed by atoms with Gasteiger partial charge >= 0.3 is 5.97 Å². The first-order valence-corrected chi connectivity index (χ1v) is 11.4. The van der Waals surface area contributed by atoms with Gasteiger partial charge in [-0.1, -0.05) is 66.7 Å². The Morgan fingerprint density at radius 1 is 0.909 bits per heavy atom. The largest absolute Gasteiger partial charge is 0.459 e. The summed E-state index contributed by atoms with van der Waals surface area (Å²) < 4.78 is 5.78. The molecule has 0 unspecified atom stereocenters. The van der Waals surface area contributed by atoms with E-state index in [1.54, 1.807) is 0 Å². The lowest BCUT2D eigenvalue weighted by atomic mass is 10.0. The molecule has 33 heavy (non-hydrogen) atoms. The van der Waals surface area contributed by atoms with E-state index in [9.17, 15) is 4.79 Å². The maximum atomic E-state index is 13.4. The van der Waals surface area contributed by atoms with Gasteiger partial charge in [-0.05, 0) is 57.0 Å². The number of hydrogen-bond acceptors (Lipinski definition) is 3. The molecule has 1 heterocycles. The van der Waals surface area contributed by atoms with Gasteiger partial charge in [0.2, 0.25) is 5.96 Å². The van der Waals surface area contributed by atoms with Crippen molar-refractivity contribution < 1.29 is 9.53 Å². The van der Waals surface area contributed by atoms with E-state index in [0.717, 1.165) is 22.9 Å². The van der Waals surface area contributed by atoms with Crippen molar-refractivity contribution in [1.82, 2.24) is 4.90 Å². The highest BCUT2D eigenvalue weighted by Crippen LogP contribution is 2.31. The lowest BCUT2D eigenvalue weighted by molar-refractivity contribution is -0.147. The van der Waals surface area contributed by atoms with Crippen molar-refractivity contribution in [3.63, 3.8) is 0 Å². The fourth-order valence-electron chi connectivity index (χ4n) is 4.05. The van der Waals surface area contributed by atoms with Gasteiger partial charge < -0.3 is 9.64 Å². The van der Waals surface area contributed by atoms with Crippen LogP contribution in [0.4, 0.5) is 11.4 Å². The minimum atomic E-state index is -0.461. The first-order chi connectivity index (χ1) is 15.9. The van der Waals surface area contributed by atoms with Gasteiger partial charge in [-0.2, -0.15) is 0 Å². The quantitative estimate of drug-likeness (QED) is 0.470. The number of guanidine groups is 1. The second-order valence-corrected chi connectivity index (χ2v) is 9.17. The molecule has 1 fully saturated rings. The predicted octanol–water partition coefficient (Wildman–Crippen LogP) is 5.80. The monoisotopic (exact) mass is 441 g/mol. The van der Waals surface area contributed by atoms with E-state index in [2.05, 4.69) is 25.7 Å². The zero-order valence-corrected chi connectivity index (χ0v) is 19.5.